The topological polar surface area (TPSA) is 115 Å². The maximum Gasteiger partial charge on any atom is 0.340 e. The summed E-state index contributed by atoms with van der Waals surface area (Å²) >= 11 is 0. The van der Waals surface area contributed by atoms with Crippen LogP contribution < -0.4 is 0 Å². The molecule has 0 heterocycles. The van der Waals surface area contributed by atoms with Crippen molar-refractivity contribution in [3.05, 3.63) is 52.6 Å². The molecular weight excluding hydrogens is 398 g/mol. The number of hydrogen-bond donors (Lipinski definition) is 4. The van der Waals surface area contributed by atoms with Crippen molar-refractivity contribution in [1.82, 2.24) is 0 Å². The lowest BCUT2D eigenvalue weighted by molar-refractivity contribution is 0.334. The maximum absolute atomic E-state index is 11.3. The molecular formula is C20H32O6P2. The SMILES string of the molecule is CC(C)=CCC/C(C)=C/c1ccc(CCCCC(P(=O)(O)O)P(=O)(O)O)cc1. The van der Waals surface area contributed by atoms with Crippen LogP contribution in [0.15, 0.2) is 41.5 Å². The number of hydrogen-bond acceptors (Lipinski definition) is 2. The molecule has 0 aromatic heterocycles. The third-order valence-corrected chi connectivity index (χ3v) is 8.31. The largest absolute Gasteiger partial charge is 0.340 e. The number of allylic oxidation sites excluding steroid dienone is 3. The van der Waals surface area contributed by atoms with Crippen LogP contribution >= 0.6 is 15.2 Å². The molecule has 0 aliphatic carbocycles. The van der Waals surface area contributed by atoms with Gasteiger partial charge < -0.3 is 19.6 Å². The van der Waals surface area contributed by atoms with Crippen molar-refractivity contribution in [3.63, 3.8) is 0 Å². The first kappa shape index (κ1) is 25.0. The van der Waals surface area contributed by atoms with Gasteiger partial charge in [-0.15, -0.1) is 0 Å². The minimum atomic E-state index is -4.82. The molecule has 0 aliphatic rings. The Bertz CT molecular complexity index is 744. The monoisotopic (exact) mass is 430 g/mol. The van der Waals surface area contributed by atoms with Crippen LogP contribution in [0.3, 0.4) is 0 Å². The molecule has 4 N–H and O–H groups in total. The lowest BCUT2D eigenvalue weighted by Crippen LogP contribution is -2.09. The summed E-state index contributed by atoms with van der Waals surface area (Å²) in [7, 11) is -9.63. The molecule has 28 heavy (non-hydrogen) atoms. The summed E-state index contributed by atoms with van der Waals surface area (Å²) in [5.41, 5.74) is 4.85. The Hall–Kier alpha value is -1.00. The first-order chi connectivity index (χ1) is 12.9. The Morgan fingerprint density at radius 1 is 0.964 bits per heavy atom. The second kappa shape index (κ2) is 11.3. The van der Waals surface area contributed by atoms with E-state index in [2.05, 4.69) is 32.9 Å². The van der Waals surface area contributed by atoms with Crippen LogP contribution in [-0.4, -0.2) is 25.0 Å². The van der Waals surface area contributed by atoms with Crippen molar-refractivity contribution >= 4 is 21.3 Å². The zero-order chi connectivity index (χ0) is 21.4. The molecule has 0 radical (unpaired) electrons. The molecule has 0 aliphatic heterocycles. The molecule has 158 valence electrons. The fraction of sp³-hybridized carbons (Fsp3) is 0.500. The van der Waals surface area contributed by atoms with Crippen molar-refractivity contribution in [3.8, 4) is 0 Å². The quantitative estimate of drug-likeness (QED) is 0.217. The van der Waals surface area contributed by atoms with Crippen LogP contribution in [0, 0.1) is 0 Å². The van der Waals surface area contributed by atoms with Gasteiger partial charge in [0.1, 0.15) is 0 Å². The van der Waals surface area contributed by atoms with E-state index in [1.165, 1.54) is 11.1 Å². The highest BCUT2D eigenvalue weighted by molar-refractivity contribution is 7.70. The van der Waals surface area contributed by atoms with Crippen LogP contribution in [0.4, 0.5) is 0 Å². The second-order valence-corrected chi connectivity index (χ2v) is 11.5. The Labute approximate surface area is 167 Å². The molecule has 0 saturated heterocycles. The summed E-state index contributed by atoms with van der Waals surface area (Å²) in [5.74, 6) is 0. The van der Waals surface area contributed by atoms with Crippen molar-refractivity contribution < 1.29 is 28.7 Å². The second-order valence-electron chi connectivity index (χ2n) is 7.46. The Balaban J connectivity index is 2.52. The lowest BCUT2D eigenvalue weighted by atomic mass is 10.0. The molecule has 0 atom stereocenters. The van der Waals surface area contributed by atoms with E-state index in [0.717, 1.165) is 24.0 Å². The van der Waals surface area contributed by atoms with Crippen LogP contribution in [-0.2, 0) is 15.6 Å². The molecule has 8 heteroatoms. The molecule has 1 aromatic rings. The molecule has 0 unspecified atom stereocenters. The summed E-state index contributed by atoms with van der Waals surface area (Å²) in [6, 6.07) is 8.10. The summed E-state index contributed by atoms with van der Waals surface area (Å²) in [6.07, 6.45) is 7.88. The van der Waals surface area contributed by atoms with Crippen molar-refractivity contribution in [2.45, 2.75) is 64.7 Å². The van der Waals surface area contributed by atoms with Gasteiger partial charge in [0.05, 0.1) is 0 Å². The molecule has 0 saturated carbocycles. The molecule has 0 spiro atoms. The predicted molar refractivity (Wildman–Crippen MR) is 114 cm³/mol. The molecule has 1 rings (SSSR count). The molecule has 0 bridgehead atoms. The van der Waals surface area contributed by atoms with Crippen LogP contribution in [0.25, 0.3) is 6.08 Å². The van der Waals surface area contributed by atoms with E-state index in [-0.39, 0.29) is 6.42 Å². The van der Waals surface area contributed by atoms with Gasteiger partial charge >= 0.3 is 15.2 Å². The molecule has 0 amide bonds. The summed E-state index contributed by atoms with van der Waals surface area (Å²) in [4.78, 5) is 36.5. The molecule has 0 fully saturated rings. The van der Waals surface area contributed by atoms with E-state index in [9.17, 15) is 9.13 Å². The third-order valence-electron chi connectivity index (χ3n) is 4.44. The zero-order valence-electron chi connectivity index (χ0n) is 16.8. The van der Waals surface area contributed by atoms with Crippen molar-refractivity contribution in [2.75, 3.05) is 0 Å². The summed E-state index contributed by atoms with van der Waals surface area (Å²) < 4.78 is 22.5. The van der Waals surface area contributed by atoms with Gasteiger partial charge in [0.2, 0.25) is 0 Å². The number of aryl methyl sites for hydroxylation is 1. The molecule has 6 nitrogen and oxygen atoms in total. The number of unbranched alkanes of at least 4 members (excludes halogenated alkanes) is 1. The minimum Gasteiger partial charge on any atom is -0.324 e. The van der Waals surface area contributed by atoms with Crippen LogP contribution in [0.2, 0.25) is 0 Å². The third kappa shape index (κ3) is 9.97. The molecule has 1 aromatic carbocycles. The van der Waals surface area contributed by atoms with E-state index in [4.69, 9.17) is 19.6 Å². The highest BCUT2D eigenvalue weighted by atomic mass is 31.2. The van der Waals surface area contributed by atoms with Gasteiger partial charge in [0.25, 0.3) is 0 Å². The highest BCUT2D eigenvalue weighted by Gasteiger charge is 2.42. The minimum absolute atomic E-state index is 0.194. The van der Waals surface area contributed by atoms with E-state index >= 15 is 0 Å². The van der Waals surface area contributed by atoms with E-state index in [0.29, 0.717) is 19.3 Å². The van der Waals surface area contributed by atoms with Gasteiger partial charge in [0.15, 0.2) is 5.40 Å². The smallest absolute Gasteiger partial charge is 0.324 e. The fourth-order valence-corrected chi connectivity index (χ4v) is 5.52. The van der Waals surface area contributed by atoms with Crippen molar-refractivity contribution in [2.24, 2.45) is 0 Å². The van der Waals surface area contributed by atoms with Crippen molar-refractivity contribution in [1.29, 1.82) is 0 Å². The maximum atomic E-state index is 11.3. The highest BCUT2D eigenvalue weighted by Crippen LogP contribution is 2.61. The average molecular weight is 430 g/mol. The Morgan fingerprint density at radius 3 is 2.04 bits per heavy atom. The zero-order valence-corrected chi connectivity index (χ0v) is 18.6. The van der Waals surface area contributed by atoms with Gasteiger partial charge in [-0.1, -0.05) is 54.0 Å². The van der Waals surface area contributed by atoms with Gasteiger partial charge in [0, 0.05) is 0 Å². The average Bonchev–Trinajstić information content (AvgIpc) is 2.53. The van der Waals surface area contributed by atoms with E-state index in [1.54, 1.807) is 0 Å². The van der Waals surface area contributed by atoms with Gasteiger partial charge in [-0.25, -0.2) is 0 Å². The van der Waals surface area contributed by atoms with Gasteiger partial charge in [-0.2, -0.15) is 0 Å². The van der Waals surface area contributed by atoms with Gasteiger partial charge in [-0.3, -0.25) is 9.13 Å². The predicted octanol–water partition coefficient (Wildman–Crippen LogP) is 5.23. The first-order valence-electron chi connectivity index (χ1n) is 9.39. The van der Waals surface area contributed by atoms with Crippen LogP contribution in [0.5, 0.6) is 0 Å². The number of benzene rings is 1. The van der Waals surface area contributed by atoms with Gasteiger partial charge in [-0.05, 0) is 64.0 Å². The van der Waals surface area contributed by atoms with E-state index < -0.39 is 20.6 Å². The standard InChI is InChI=1S/C20H32O6P2/c1-16(2)7-6-8-17(3)15-19-13-11-18(12-14-19)9-4-5-10-20(27(21,22)23)28(24,25)26/h7,11-15,20H,4-6,8-10H2,1-3H3,(H2,21,22,23)(H2,24,25,26)/b17-15+. The number of rotatable bonds is 11. The Morgan fingerprint density at radius 2 is 1.54 bits per heavy atom. The summed E-state index contributed by atoms with van der Waals surface area (Å²) in [5, 5.41) is -1.90. The fourth-order valence-electron chi connectivity index (χ4n) is 2.91. The first-order valence-corrected chi connectivity index (χ1v) is 12.8. The van der Waals surface area contributed by atoms with E-state index in [1.807, 2.05) is 24.3 Å². The summed E-state index contributed by atoms with van der Waals surface area (Å²) in [6.45, 7) is 6.30. The normalized spacial score (nSPS) is 13.1. The lowest BCUT2D eigenvalue weighted by Gasteiger charge is -2.19. The Kier molecular flexibility index (Phi) is 10.1. The van der Waals surface area contributed by atoms with Crippen LogP contribution in [0.1, 0.15) is 64.0 Å².